The minimum absolute atomic E-state index is 0.379. The summed E-state index contributed by atoms with van der Waals surface area (Å²) in [5.74, 6) is 0.787. The Morgan fingerprint density at radius 2 is 1.78 bits per heavy atom. The summed E-state index contributed by atoms with van der Waals surface area (Å²) in [4.78, 5) is 0. The van der Waals surface area contributed by atoms with Crippen molar-refractivity contribution in [2.75, 3.05) is 7.11 Å². The van der Waals surface area contributed by atoms with Crippen LogP contribution in [0.15, 0.2) is 36.4 Å². The lowest BCUT2D eigenvalue weighted by Crippen LogP contribution is -1.92. The van der Waals surface area contributed by atoms with E-state index >= 15 is 0 Å². The lowest BCUT2D eigenvalue weighted by atomic mass is 10.0. The SMILES string of the molecule is CCC.COc1ccc2ccccc2c1CC#N. The molecule has 0 aliphatic rings. The van der Waals surface area contributed by atoms with Gasteiger partial charge in [0.1, 0.15) is 5.75 Å². The fraction of sp³-hybridized carbons (Fsp3) is 0.312. The minimum Gasteiger partial charge on any atom is -0.496 e. The highest BCUT2D eigenvalue weighted by Crippen LogP contribution is 2.27. The maximum Gasteiger partial charge on any atom is 0.123 e. The molecular weight excluding hydrogens is 222 g/mol. The number of nitriles is 1. The molecule has 0 bridgehead atoms. The van der Waals surface area contributed by atoms with E-state index in [1.165, 1.54) is 6.42 Å². The van der Waals surface area contributed by atoms with Crippen molar-refractivity contribution in [3.05, 3.63) is 42.0 Å². The zero-order valence-corrected chi connectivity index (χ0v) is 11.2. The van der Waals surface area contributed by atoms with Crippen LogP contribution in [0.4, 0.5) is 0 Å². The Morgan fingerprint density at radius 1 is 1.11 bits per heavy atom. The van der Waals surface area contributed by atoms with Gasteiger partial charge in [-0.05, 0) is 16.8 Å². The fourth-order valence-corrected chi connectivity index (χ4v) is 1.77. The van der Waals surface area contributed by atoms with Crippen LogP contribution in [0.3, 0.4) is 0 Å². The molecule has 2 heteroatoms. The molecule has 0 aliphatic heterocycles. The first-order chi connectivity index (χ1) is 8.78. The molecule has 0 amide bonds. The summed E-state index contributed by atoms with van der Waals surface area (Å²) >= 11 is 0. The molecule has 0 saturated carbocycles. The second-order valence-corrected chi connectivity index (χ2v) is 4.01. The molecule has 18 heavy (non-hydrogen) atoms. The Morgan fingerprint density at radius 3 is 2.39 bits per heavy atom. The first kappa shape index (κ1) is 14.1. The van der Waals surface area contributed by atoms with Gasteiger partial charge in [-0.3, -0.25) is 0 Å². The van der Waals surface area contributed by atoms with Crippen LogP contribution in [-0.4, -0.2) is 7.11 Å². The lowest BCUT2D eigenvalue weighted by Gasteiger charge is -2.08. The average Bonchev–Trinajstić information content (AvgIpc) is 2.40. The van der Waals surface area contributed by atoms with E-state index in [4.69, 9.17) is 10.00 Å². The third-order valence-electron chi connectivity index (χ3n) is 2.47. The van der Waals surface area contributed by atoms with Gasteiger partial charge in [-0.1, -0.05) is 50.6 Å². The minimum atomic E-state index is 0.379. The second-order valence-electron chi connectivity index (χ2n) is 4.01. The van der Waals surface area contributed by atoms with Gasteiger partial charge in [0.2, 0.25) is 0 Å². The maximum absolute atomic E-state index is 8.79. The van der Waals surface area contributed by atoms with Crippen molar-refractivity contribution >= 4 is 10.8 Å². The number of ether oxygens (including phenoxy) is 1. The average molecular weight is 241 g/mol. The van der Waals surface area contributed by atoms with E-state index in [1.807, 2.05) is 36.4 Å². The summed E-state index contributed by atoms with van der Waals surface area (Å²) in [7, 11) is 1.63. The molecule has 0 aromatic heterocycles. The lowest BCUT2D eigenvalue weighted by molar-refractivity contribution is 0.411. The van der Waals surface area contributed by atoms with E-state index in [2.05, 4.69) is 19.9 Å². The normalized spacial score (nSPS) is 9.22. The molecule has 0 radical (unpaired) electrons. The Labute approximate surface area is 109 Å². The number of nitrogens with zero attached hydrogens (tertiary/aromatic N) is 1. The smallest absolute Gasteiger partial charge is 0.123 e. The topological polar surface area (TPSA) is 33.0 Å². The van der Waals surface area contributed by atoms with Gasteiger partial charge < -0.3 is 4.74 Å². The van der Waals surface area contributed by atoms with E-state index in [-0.39, 0.29) is 0 Å². The Balaban J connectivity index is 0.000000492. The molecule has 0 spiro atoms. The predicted octanol–water partition coefficient (Wildman–Crippen LogP) is 4.33. The van der Waals surface area contributed by atoms with Crippen LogP contribution >= 0.6 is 0 Å². The van der Waals surface area contributed by atoms with E-state index in [1.54, 1.807) is 7.11 Å². The predicted molar refractivity (Wildman–Crippen MR) is 75.8 cm³/mol. The fourth-order valence-electron chi connectivity index (χ4n) is 1.77. The van der Waals surface area contributed by atoms with Crippen molar-refractivity contribution in [3.63, 3.8) is 0 Å². The molecule has 2 nitrogen and oxygen atoms in total. The van der Waals surface area contributed by atoms with Crippen molar-refractivity contribution in [1.82, 2.24) is 0 Å². The first-order valence-corrected chi connectivity index (χ1v) is 6.20. The summed E-state index contributed by atoms with van der Waals surface area (Å²) in [5, 5.41) is 11.0. The van der Waals surface area contributed by atoms with Gasteiger partial charge in [0, 0.05) is 5.56 Å². The monoisotopic (exact) mass is 241 g/mol. The molecule has 2 aromatic carbocycles. The van der Waals surface area contributed by atoms with Gasteiger partial charge in [-0.15, -0.1) is 0 Å². The molecule has 2 rings (SSSR count). The first-order valence-electron chi connectivity index (χ1n) is 6.20. The van der Waals surface area contributed by atoms with Crippen LogP contribution in [0.25, 0.3) is 10.8 Å². The molecule has 94 valence electrons. The standard InChI is InChI=1S/C13H11NO.C3H8/c1-15-13-7-6-10-4-2-3-5-11(10)12(13)8-9-14;1-3-2/h2-7H,8H2,1H3;3H2,1-2H3. The van der Waals surface area contributed by atoms with Crippen molar-refractivity contribution in [2.24, 2.45) is 0 Å². The highest BCUT2D eigenvalue weighted by Gasteiger charge is 2.06. The van der Waals surface area contributed by atoms with E-state index in [9.17, 15) is 0 Å². The van der Waals surface area contributed by atoms with Crippen LogP contribution in [-0.2, 0) is 6.42 Å². The van der Waals surface area contributed by atoms with Crippen molar-refractivity contribution in [2.45, 2.75) is 26.7 Å². The Bertz CT molecular complexity index is 540. The number of rotatable bonds is 2. The summed E-state index contributed by atoms with van der Waals surface area (Å²) < 4.78 is 5.25. The van der Waals surface area contributed by atoms with Crippen LogP contribution in [0.5, 0.6) is 5.75 Å². The van der Waals surface area contributed by atoms with Gasteiger partial charge >= 0.3 is 0 Å². The number of methoxy groups -OCH3 is 1. The van der Waals surface area contributed by atoms with Gasteiger partial charge in [-0.2, -0.15) is 5.26 Å². The summed E-state index contributed by atoms with van der Waals surface area (Å²) in [6.45, 7) is 4.25. The van der Waals surface area contributed by atoms with E-state index in [0.29, 0.717) is 6.42 Å². The largest absolute Gasteiger partial charge is 0.496 e. The number of benzene rings is 2. The molecule has 0 unspecified atom stereocenters. The third-order valence-corrected chi connectivity index (χ3v) is 2.47. The van der Waals surface area contributed by atoms with E-state index < -0.39 is 0 Å². The molecule has 0 aliphatic carbocycles. The summed E-state index contributed by atoms with van der Waals surface area (Å²) in [6.07, 6.45) is 1.63. The van der Waals surface area contributed by atoms with Crippen LogP contribution in [0, 0.1) is 11.3 Å². The van der Waals surface area contributed by atoms with E-state index in [0.717, 1.165) is 22.1 Å². The summed E-state index contributed by atoms with van der Waals surface area (Å²) in [5.41, 5.74) is 0.970. The molecule has 0 N–H and O–H groups in total. The van der Waals surface area contributed by atoms with Crippen LogP contribution < -0.4 is 4.74 Å². The van der Waals surface area contributed by atoms with Crippen molar-refractivity contribution in [1.29, 1.82) is 5.26 Å². The summed E-state index contributed by atoms with van der Waals surface area (Å²) in [6, 6.07) is 14.1. The van der Waals surface area contributed by atoms with Crippen LogP contribution in [0.1, 0.15) is 25.8 Å². The third kappa shape index (κ3) is 3.24. The van der Waals surface area contributed by atoms with Gasteiger partial charge in [0.15, 0.2) is 0 Å². The zero-order valence-electron chi connectivity index (χ0n) is 11.2. The zero-order chi connectivity index (χ0) is 13.4. The number of fused-ring (bicyclic) bond motifs is 1. The Kier molecular flexibility index (Phi) is 5.73. The molecule has 2 aromatic rings. The molecule has 0 fully saturated rings. The Hall–Kier alpha value is -2.01. The molecule has 0 atom stereocenters. The second kappa shape index (κ2) is 7.34. The molecule has 0 saturated heterocycles. The number of hydrogen-bond acceptors (Lipinski definition) is 2. The van der Waals surface area contributed by atoms with Gasteiger partial charge in [-0.25, -0.2) is 0 Å². The molecule has 0 heterocycles. The molecular formula is C16H19NO. The van der Waals surface area contributed by atoms with Gasteiger partial charge in [0.25, 0.3) is 0 Å². The number of hydrogen-bond donors (Lipinski definition) is 0. The quantitative estimate of drug-likeness (QED) is 0.784. The highest BCUT2D eigenvalue weighted by atomic mass is 16.5. The van der Waals surface area contributed by atoms with Gasteiger partial charge in [0.05, 0.1) is 19.6 Å². The maximum atomic E-state index is 8.79. The van der Waals surface area contributed by atoms with Crippen molar-refractivity contribution < 1.29 is 4.74 Å². The van der Waals surface area contributed by atoms with Crippen LogP contribution in [0.2, 0.25) is 0 Å². The van der Waals surface area contributed by atoms with Crippen molar-refractivity contribution in [3.8, 4) is 11.8 Å². The highest BCUT2D eigenvalue weighted by molar-refractivity contribution is 5.88.